The molecule has 0 saturated carbocycles. The van der Waals surface area contributed by atoms with Gasteiger partial charge in [0.05, 0.1) is 13.2 Å². The fourth-order valence-corrected chi connectivity index (χ4v) is 1.52. The lowest BCUT2D eigenvalue weighted by Gasteiger charge is -2.07. The lowest BCUT2D eigenvalue weighted by Crippen LogP contribution is -1.96. The second kappa shape index (κ2) is 19.3. The van der Waals surface area contributed by atoms with Crippen molar-refractivity contribution in [3.8, 4) is 0 Å². The second-order valence-corrected chi connectivity index (χ2v) is 5.08. The smallest absolute Gasteiger partial charge is 0.325 e. The molecule has 0 aromatic carbocycles. The molecule has 0 aliphatic heterocycles. The van der Waals surface area contributed by atoms with Gasteiger partial charge in [-0.1, -0.05) is 31.6 Å². The van der Waals surface area contributed by atoms with E-state index in [2.05, 4.69) is 37.7 Å². The number of hydrogen-bond acceptors (Lipinski definition) is 7. The summed E-state index contributed by atoms with van der Waals surface area (Å²) in [5, 5.41) is 0. The lowest BCUT2D eigenvalue weighted by atomic mass is 10.5. The first-order chi connectivity index (χ1) is 8.22. The largest absolute Gasteiger partial charge is 0.389 e. The predicted molar refractivity (Wildman–Crippen MR) is 75.5 cm³/mol. The zero-order valence-corrected chi connectivity index (χ0v) is 13.2. The molecule has 0 aliphatic rings. The minimum absolute atomic E-state index is 0.427. The molecule has 0 bridgehead atoms. The minimum atomic E-state index is -2.05. The maximum absolute atomic E-state index is 8.87. The zero-order valence-electron chi connectivity index (χ0n) is 10.6. The summed E-state index contributed by atoms with van der Waals surface area (Å²) in [5.74, 6) is 1.17. The molecule has 0 atom stereocenters. The van der Waals surface area contributed by atoms with Gasteiger partial charge in [-0.25, -0.2) is 9.78 Å². The fourth-order valence-electron chi connectivity index (χ4n) is 0.435. The van der Waals surface area contributed by atoms with Crippen molar-refractivity contribution in [2.45, 2.75) is 40.0 Å². The summed E-state index contributed by atoms with van der Waals surface area (Å²) in [6.45, 7) is 6.85. The van der Waals surface area contributed by atoms with E-state index in [0.717, 1.165) is 12.8 Å². The summed E-state index contributed by atoms with van der Waals surface area (Å²) in [5.41, 5.74) is 0. The van der Waals surface area contributed by atoms with E-state index in [0.29, 0.717) is 13.2 Å². The van der Waals surface area contributed by atoms with Crippen LogP contribution in [-0.4, -0.2) is 23.9 Å². The van der Waals surface area contributed by atoms with Crippen LogP contribution in [0.3, 0.4) is 0 Å². The molecule has 1 N–H and O–H groups in total. The maximum atomic E-state index is 8.87. The van der Waals surface area contributed by atoms with Crippen molar-refractivity contribution < 1.29 is 24.0 Å². The van der Waals surface area contributed by atoms with E-state index in [1.807, 2.05) is 13.8 Å². The summed E-state index contributed by atoms with van der Waals surface area (Å²) in [6.07, 6.45) is 2.87. The van der Waals surface area contributed by atoms with Crippen molar-refractivity contribution in [1.82, 2.24) is 0 Å². The van der Waals surface area contributed by atoms with Crippen molar-refractivity contribution in [1.29, 1.82) is 0 Å². The quantitative estimate of drug-likeness (QED) is 0.159. The standard InChI is InChI=1S/C6H15O5P.C3H8S2/c1-3-5-8-10-12(7)11-9-6-4-2;1-2-3-5-4/h7H,3-6H2,1-2H3;4H,2-3H2,1H3. The Hall–Kier alpha value is 0.930. The van der Waals surface area contributed by atoms with Gasteiger partial charge in [0.25, 0.3) is 0 Å². The van der Waals surface area contributed by atoms with Gasteiger partial charge in [-0.2, -0.15) is 9.35 Å². The van der Waals surface area contributed by atoms with Gasteiger partial charge in [-0.05, 0) is 19.3 Å². The highest BCUT2D eigenvalue weighted by molar-refractivity contribution is 8.68. The summed E-state index contributed by atoms with van der Waals surface area (Å²) < 4.78 is 8.80. The first-order valence-electron chi connectivity index (χ1n) is 5.57. The van der Waals surface area contributed by atoms with E-state index < -0.39 is 8.60 Å². The van der Waals surface area contributed by atoms with Gasteiger partial charge in [-0.3, -0.25) is 0 Å². The Morgan fingerprint density at radius 3 is 1.71 bits per heavy atom. The lowest BCUT2D eigenvalue weighted by molar-refractivity contribution is -0.266. The molecule has 0 fully saturated rings. The average molecular weight is 306 g/mol. The van der Waals surface area contributed by atoms with E-state index in [1.54, 1.807) is 10.8 Å². The van der Waals surface area contributed by atoms with Crippen molar-refractivity contribution in [3.05, 3.63) is 0 Å². The Kier molecular flexibility index (Phi) is 23.0. The van der Waals surface area contributed by atoms with Crippen molar-refractivity contribution >= 4 is 31.1 Å². The summed E-state index contributed by atoms with van der Waals surface area (Å²) in [6, 6.07) is 0. The minimum Gasteiger partial charge on any atom is -0.325 e. The third-order valence-electron chi connectivity index (χ3n) is 1.10. The van der Waals surface area contributed by atoms with Gasteiger partial charge in [0.1, 0.15) is 0 Å². The summed E-state index contributed by atoms with van der Waals surface area (Å²) in [7, 11) is -0.452. The topological polar surface area (TPSA) is 57.2 Å². The van der Waals surface area contributed by atoms with Crippen LogP contribution in [0.25, 0.3) is 0 Å². The molecule has 0 aliphatic carbocycles. The van der Waals surface area contributed by atoms with Crippen molar-refractivity contribution in [3.63, 3.8) is 0 Å². The van der Waals surface area contributed by atoms with E-state index >= 15 is 0 Å². The van der Waals surface area contributed by atoms with Crippen LogP contribution in [0.1, 0.15) is 40.0 Å². The predicted octanol–water partition coefficient (Wildman–Crippen LogP) is 3.90. The van der Waals surface area contributed by atoms with E-state index in [4.69, 9.17) is 4.89 Å². The van der Waals surface area contributed by atoms with E-state index in [-0.39, 0.29) is 0 Å². The molecule has 0 aromatic rings. The fraction of sp³-hybridized carbons (Fsp3) is 1.00. The Bertz CT molecular complexity index is 122. The van der Waals surface area contributed by atoms with Crippen LogP contribution in [-0.2, 0) is 19.1 Å². The van der Waals surface area contributed by atoms with Crippen LogP contribution in [0.2, 0.25) is 0 Å². The number of thiol groups is 1. The maximum Gasteiger partial charge on any atom is 0.389 e. The average Bonchev–Trinajstić information content (AvgIpc) is 2.32. The molecule has 0 unspecified atom stereocenters. The van der Waals surface area contributed by atoms with Crippen molar-refractivity contribution in [2.24, 2.45) is 0 Å². The highest BCUT2D eigenvalue weighted by atomic mass is 33.1. The summed E-state index contributed by atoms with van der Waals surface area (Å²) >= 11 is 3.92. The summed E-state index contributed by atoms with van der Waals surface area (Å²) in [4.78, 5) is 18.0. The monoisotopic (exact) mass is 306 g/mol. The van der Waals surface area contributed by atoms with Crippen LogP contribution in [0.4, 0.5) is 0 Å². The molecule has 0 amide bonds. The highest BCUT2D eigenvalue weighted by Gasteiger charge is 2.07. The van der Waals surface area contributed by atoms with Gasteiger partial charge in [-0.15, -0.1) is 11.7 Å². The number of hydrogen-bond donors (Lipinski definition) is 2. The van der Waals surface area contributed by atoms with Gasteiger partial charge >= 0.3 is 8.60 Å². The Morgan fingerprint density at radius 1 is 1.00 bits per heavy atom. The van der Waals surface area contributed by atoms with Crippen molar-refractivity contribution in [2.75, 3.05) is 19.0 Å². The van der Waals surface area contributed by atoms with Gasteiger partial charge < -0.3 is 4.89 Å². The molecule has 0 rings (SSSR count). The molecule has 0 radical (unpaired) electrons. The molecular weight excluding hydrogens is 283 g/mol. The molecule has 8 heteroatoms. The van der Waals surface area contributed by atoms with Gasteiger partial charge in [0, 0.05) is 5.75 Å². The molecule has 106 valence electrons. The van der Waals surface area contributed by atoms with Crippen LogP contribution in [0.15, 0.2) is 0 Å². The Labute approximate surface area is 114 Å². The molecule has 0 heterocycles. The van der Waals surface area contributed by atoms with Crippen LogP contribution in [0.5, 0.6) is 0 Å². The molecule has 0 saturated heterocycles. The first kappa shape index (κ1) is 20.3. The Balaban J connectivity index is 0. The number of rotatable bonds is 10. The normalized spacial score (nSPS) is 10.2. The molecule has 0 aromatic heterocycles. The zero-order chi connectivity index (χ0) is 13.4. The van der Waals surface area contributed by atoms with Gasteiger partial charge in [0.15, 0.2) is 0 Å². The third-order valence-corrected chi connectivity index (χ3v) is 2.71. The molecule has 17 heavy (non-hydrogen) atoms. The molecular formula is C9H23O5PS2. The van der Waals surface area contributed by atoms with E-state index in [9.17, 15) is 0 Å². The molecule has 5 nitrogen and oxygen atoms in total. The molecule has 0 spiro atoms. The highest BCUT2D eigenvalue weighted by Crippen LogP contribution is 2.33. The van der Waals surface area contributed by atoms with E-state index in [1.165, 1.54) is 12.2 Å². The SMILES string of the molecule is CCCOOP(O)OOCCC.CCCSS. The van der Waals surface area contributed by atoms with Gasteiger partial charge in [0.2, 0.25) is 0 Å². The van der Waals surface area contributed by atoms with Crippen LogP contribution < -0.4 is 0 Å². The Morgan fingerprint density at radius 2 is 1.47 bits per heavy atom. The third kappa shape index (κ3) is 22.6. The van der Waals surface area contributed by atoms with Crippen LogP contribution >= 0.6 is 31.1 Å². The van der Waals surface area contributed by atoms with Crippen LogP contribution in [0, 0.1) is 0 Å². The first-order valence-corrected chi connectivity index (χ1v) is 8.74. The second-order valence-electron chi connectivity index (χ2n) is 2.86.